The molecule has 0 saturated carbocycles. The van der Waals surface area contributed by atoms with Crippen LogP contribution in [-0.4, -0.2) is 41.8 Å². The molecule has 0 aromatic carbocycles. The highest BCUT2D eigenvalue weighted by Crippen LogP contribution is 2.29. The van der Waals surface area contributed by atoms with E-state index in [9.17, 15) is 15.0 Å². The highest BCUT2D eigenvalue weighted by atomic mass is 16.4. The Kier molecular flexibility index (Phi) is 4.81. The zero-order valence-corrected chi connectivity index (χ0v) is 11.6. The van der Waals surface area contributed by atoms with Gasteiger partial charge >= 0.3 is 5.97 Å². The predicted molar refractivity (Wildman–Crippen MR) is 72.6 cm³/mol. The van der Waals surface area contributed by atoms with Crippen molar-refractivity contribution in [2.45, 2.75) is 32.1 Å². The lowest BCUT2D eigenvalue weighted by molar-refractivity contribution is -0.143. The van der Waals surface area contributed by atoms with Gasteiger partial charge < -0.3 is 10.2 Å². The van der Waals surface area contributed by atoms with Gasteiger partial charge in [-0.25, -0.2) is 0 Å². The Morgan fingerprint density at radius 2 is 2.24 bits per heavy atom. The van der Waals surface area contributed by atoms with Gasteiger partial charge in [0.1, 0.15) is 5.75 Å². The summed E-state index contributed by atoms with van der Waals surface area (Å²) >= 11 is 0. The number of nitrogens with one attached hydrogen (secondary N) is 1. The van der Waals surface area contributed by atoms with Crippen molar-refractivity contribution < 1.29 is 15.0 Å². The third-order valence-electron chi connectivity index (χ3n) is 3.33. The maximum Gasteiger partial charge on any atom is 0.307 e. The molecule has 21 heavy (non-hydrogen) atoms. The summed E-state index contributed by atoms with van der Waals surface area (Å²) in [5.41, 5.74) is 0.671. The fourth-order valence-corrected chi connectivity index (χ4v) is 2.31. The fraction of sp³-hybridized carbons (Fsp3) is 0.462. The first-order chi connectivity index (χ1) is 10.1. The second-order valence-corrected chi connectivity index (χ2v) is 4.82. The van der Waals surface area contributed by atoms with E-state index in [1.807, 2.05) is 6.92 Å². The number of carboxylic acid groups (broad SMARTS) is 1. The zero-order valence-electron chi connectivity index (χ0n) is 11.6. The summed E-state index contributed by atoms with van der Waals surface area (Å²) in [4.78, 5) is 15.6. The minimum absolute atomic E-state index is 0.0678. The van der Waals surface area contributed by atoms with E-state index < -0.39 is 17.8 Å². The third-order valence-corrected chi connectivity index (χ3v) is 3.33. The van der Waals surface area contributed by atoms with E-state index in [0.29, 0.717) is 24.4 Å². The van der Waals surface area contributed by atoms with E-state index in [2.05, 4.69) is 25.6 Å². The molecule has 2 aromatic rings. The SMILES string of the molecule is CCC[C@H](C(=O)O)[C@H](Cc1ccc(O)cn1)c1nn[nH]n1. The van der Waals surface area contributed by atoms with Crippen LogP contribution in [0.4, 0.5) is 0 Å². The maximum atomic E-state index is 11.5. The molecule has 8 heteroatoms. The van der Waals surface area contributed by atoms with E-state index in [4.69, 9.17) is 0 Å². The predicted octanol–water partition coefficient (Wildman–Crippen LogP) is 1.13. The largest absolute Gasteiger partial charge is 0.506 e. The first-order valence-electron chi connectivity index (χ1n) is 6.71. The molecular weight excluding hydrogens is 274 g/mol. The Balaban J connectivity index is 2.27. The van der Waals surface area contributed by atoms with Crippen molar-refractivity contribution in [1.82, 2.24) is 25.6 Å². The van der Waals surface area contributed by atoms with Crippen molar-refractivity contribution in [2.24, 2.45) is 5.92 Å². The lowest BCUT2D eigenvalue weighted by atomic mass is 9.84. The van der Waals surface area contributed by atoms with Crippen LogP contribution in [-0.2, 0) is 11.2 Å². The monoisotopic (exact) mass is 291 g/mol. The molecule has 2 atom stereocenters. The second kappa shape index (κ2) is 6.78. The van der Waals surface area contributed by atoms with Crippen molar-refractivity contribution in [2.75, 3.05) is 0 Å². The molecule has 0 saturated heterocycles. The first-order valence-corrected chi connectivity index (χ1v) is 6.71. The summed E-state index contributed by atoms with van der Waals surface area (Å²) < 4.78 is 0. The molecule has 3 N–H and O–H groups in total. The number of aromatic nitrogens is 5. The van der Waals surface area contributed by atoms with Crippen LogP contribution < -0.4 is 0 Å². The van der Waals surface area contributed by atoms with E-state index in [1.54, 1.807) is 6.07 Å². The van der Waals surface area contributed by atoms with Crippen LogP contribution in [0.5, 0.6) is 5.75 Å². The number of carbonyl (C=O) groups is 1. The van der Waals surface area contributed by atoms with Crippen LogP contribution in [0.2, 0.25) is 0 Å². The topological polar surface area (TPSA) is 125 Å². The third kappa shape index (κ3) is 3.74. The Hall–Kier alpha value is -2.51. The quantitative estimate of drug-likeness (QED) is 0.698. The van der Waals surface area contributed by atoms with Crippen LogP contribution in [0.1, 0.15) is 37.2 Å². The number of nitrogens with zero attached hydrogens (tertiary/aromatic N) is 4. The minimum Gasteiger partial charge on any atom is -0.506 e. The van der Waals surface area contributed by atoms with E-state index in [-0.39, 0.29) is 5.75 Å². The Morgan fingerprint density at radius 1 is 1.43 bits per heavy atom. The highest BCUT2D eigenvalue weighted by molar-refractivity contribution is 5.71. The number of carboxylic acids is 1. The molecule has 112 valence electrons. The zero-order chi connectivity index (χ0) is 15.2. The molecule has 2 rings (SSSR count). The van der Waals surface area contributed by atoms with Crippen molar-refractivity contribution in [3.8, 4) is 5.75 Å². The molecule has 0 aliphatic heterocycles. The summed E-state index contributed by atoms with van der Waals surface area (Å²) in [6.07, 6.45) is 2.97. The second-order valence-electron chi connectivity index (χ2n) is 4.82. The molecule has 0 fully saturated rings. The summed E-state index contributed by atoms with van der Waals surface area (Å²) in [6, 6.07) is 3.18. The fourth-order valence-electron chi connectivity index (χ4n) is 2.31. The van der Waals surface area contributed by atoms with Gasteiger partial charge in [-0.2, -0.15) is 5.21 Å². The lowest BCUT2D eigenvalue weighted by Crippen LogP contribution is -2.25. The average Bonchev–Trinajstić information content (AvgIpc) is 2.98. The first kappa shape index (κ1) is 14.9. The van der Waals surface area contributed by atoms with Crippen molar-refractivity contribution in [3.05, 3.63) is 29.8 Å². The van der Waals surface area contributed by atoms with E-state index in [0.717, 1.165) is 6.42 Å². The highest BCUT2D eigenvalue weighted by Gasteiger charge is 2.32. The normalized spacial score (nSPS) is 13.8. The van der Waals surface area contributed by atoms with Crippen LogP contribution in [0.3, 0.4) is 0 Å². The van der Waals surface area contributed by atoms with E-state index in [1.165, 1.54) is 12.3 Å². The standard InChI is InChI=1S/C13H17N5O3/c1-2-3-10(13(20)21)11(12-15-17-18-16-12)6-8-4-5-9(19)7-14-8/h4-5,7,10-11,19H,2-3,6H2,1H3,(H,20,21)(H,15,16,17,18)/t10-,11-/m0/s1. The Morgan fingerprint density at radius 3 is 2.76 bits per heavy atom. The molecule has 0 radical (unpaired) electrons. The van der Waals surface area contributed by atoms with Crippen molar-refractivity contribution in [3.63, 3.8) is 0 Å². The molecule has 0 unspecified atom stereocenters. The van der Waals surface area contributed by atoms with Gasteiger partial charge in [0, 0.05) is 18.0 Å². The van der Waals surface area contributed by atoms with Crippen LogP contribution in [0.15, 0.2) is 18.3 Å². The number of H-pyrrole nitrogens is 1. The lowest BCUT2D eigenvalue weighted by Gasteiger charge is -2.20. The van der Waals surface area contributed by atoms with Gasteiger partial charge in [-0.15, -0.1) is 10.2 Å². The summed E-state index contributed by atoms with van der Waals surface area (Å²) in [7, 11) is 0. The number of tetrazole rings is 1. The number of rotatable bonds is 7. The Bertz CT molecular complexity index is 570. The van der Waals surface area contributed by atoms with Crippen LogP contribution in [0, 0.1) is 5.92 Å². The number of hydrogen-bond acceptors (Lipinski definition) is 6. The maximum absolute atomic E-state index is 11.5. The van der Waals surface area contributed by atoms with Gasteiger partial charge in [0.15, 0.2) is 5.82 Å². The number of pyridine rings is 1. The molecular formula is C13H17N5O3. The summed E-state index contributed by atoms with van der Waals surface area (Å²) in [5, 5.41) is 32.4. The molecule has 0 spiro atoms. The Labute approximate surface area is 121 Å². The summed E-state index contributed by atoms with van der Waals surface area (Å²) in [6.45, 7) is 1.93. The minimum atomic E-state index is -0.884. The van der Waals surface area contributed by atoms with Crippen LogP contribution in [0.25, 0.3) is 0 Å². The van der Waals surface area contributed by atoms with Crippen molar-refractivity contribution >= 4 is 5.97 Å². The van der Waals surface area contributed by atoms with Crippen molar-refractivity contribution in [1.29, 1.82) is 0 Å². The van der Waals surface area contributed by atoms with Gasteiger partial charge in [0.2, 0.25) is 0 Å². The summed E-state index contributed by atoms with van der Waals surface area (Å²) in [5.74, 6) is -1.48. The van der Waals surface area contributed by atoms with Gasteiger partial charge in [-0.3, -0.25) is 9.78 Å². The number of aromatic hydroxyl groups is 1. The van der Waals surface area contributed by atoms with Gasteiger partial charge in [-0.05, 0) is 18.6 Å². The number of aliphatic carboxylic acids is 1. The molecule has 0 bridgehead atoms. The molecule has 0 amide bonds. The molecule has 2 heterocycles. The number of aromatic amines is 1. The van der Waals surface area contributed by atoms with Gasteiger partial charge in [-0.1, -0.05) is 18.6 Å². The smallest absolute Gasteiger partial charge is 0.307 e. The number of hydrogen-bond donors (Lipinski definition) is 3. The van der Waals surface area contributed by atoms with E-state index >= 15 is 0 Å². The van der Waals surface area contributed by atoms with Gasteiger partial charge in [0.25, 0.3) is 0 Å². The molecule has 8 nitrogen and oxygen atoms in total. The average molecular weight is 291 g/mol. The molecule has 2 aromatic heterocycles. The van der Waals surface area contributed by atoms with Crippen LogP contribution >= 0.6 is 0 Å². The molecule has 0 aliphatic rings. The molecule has 0 aliphatic carbocycles. The van der Waals surface area contributed by atoms with Gasteiger partial charge in [0.05, 0.1) is 12.1 Å².